The number of ether oxygens (including phenoxy) is 1. The molecule has 0 amide bonds. The molecule has 0 atom stereocenters. The summed E-state index contributed by atoms with van der Waals surface area (Å²) in [5, 5.41) is 0. The minimum absolute atomic E-state index is 0.562. The molecule has 1 N–H and O–H groups in total. The van der Waals surface area contributed by atoms with E-state index in [1.54, 1.807) is 7.11 Å². The van der Waals surface area contributed by atoms with Crippen molar-refractivity contribution < 1.29 is 4.74 Å². The monoisotopic (exact) mass is 246 g/mol. The average molecular weight is 246 g/mol. The van der Waals surface area contributed by atoms with Crippen LogP contribution in [0.1, 0.15) is 12.0 Å². The molecule has 3 nitrogen and oxygen atoms in total. The predicted molar refractivity (Wildman–Crippen MR) is 69.6 cm³/mol. The molecule has 2 aromatic rings. The van der Waals surface area contributed by atoms with Gasteiger partial charge in [-0.2, -0.15) is 0 Å². The Bertz CT molecular complexity index is 536. The summed E-state index contributed by atoms with van der Waals surface area (Å²) in [6, 6.07) is 7.17. The second-order valence-electron chi connectivity index (χ2n) is 4.08. The fourth-order valence-electron chi connectivity index (χ4n) is 2.08. The van der Waals surface area contributed by atoms with Crippen molar-refractivity contribution in [2.45, 2.75) is 17.7 Å². The van der Waals surface area contributed by atoms with E-state index in [0.717, 1.165) is 5.69 Å². The third-order valence-corrected chi connectivity index (χ3v) is 4.17. The summed E-state index contributed by atoms with van der Waals surface area (Å²) in [6.45, 7) is 0. The number of aromatic nitrogens is 2. The smallest absolute Gasteiger partial charge is 0.293 e. The van der Waals surface area contributed by atoms with Crippen molar-refractivity contribution in [3.63, 3.8) is 0 Å². The van der Waals surface area contributed by atoms with Gasteiger partial charge in [-0.3, -0.25) is 0 Å². The van der Waals surface area contributed by atoms with Gasteiger partial charge in [-0.1, -0.05) is 6.07 Å². The van der Waals surface area contributed by atoms with E-state index in [0.29, 0.717) is 6.01 Å². The van der Waals surface area contributed by atoms with Crippen molar-refractivity contribution in [3.8, 4) is 17.3 Å². The summed E-state index contributed by atoms with van der Waals surface area (Å²) in [5.74, 6) is 1.24. The van der Waals surface area contributed by atoms with Crippen LogP contribution in [0, 0.1) is 0 Å². The molecule has 0 aliphatic carbocycles. The molecule has 1 aliphatic rings. The van der Waals surface area contributed by atoms with Gasteiger partial charge in [-0.05, 0) is 41.9 Å². The highest BCUT2D eigenvalue weighted by molar-refractivity contribution is 7.99. The molecule has 4 heteroatoms. The van der Waals surface area contributed by atoms with Crippen LogP contribution in [0.4, 0.5) is 0 Å². The van der Waals surface area contributed by atoms with E-state index in [1.807, 2.05) is 18.0 Å². The van der Waals surface area contributed by atoms with Crippen molar-refractivity contribution in [2.24, 2.45) is 0 Å². The SMILES string of the molecule is COc1ncc(-c2ccc3c(c2)CCCS3)[nH]1. The van der Waals surface area contributed by atoms with Gasteiger partial charge in [0.2, 0.25) is 0 Å². The quantitative estimate of drug-likeness (QED) is 0.884. The summed E-state index contributed by atoms with van der Waals surface area (Å²) in [4.78, 5) is 8.71. The zero-order valence-corrected chi connectivity index (χ0v) is 10.5. The van der Waals surface area contributed by atoms with Gasteiger partial charge in [0.25, 0.3) is 6.01 Å². The molecule has 1 aromatic carbocycles. The Morgan fingerprint density at radius 1 is 1.41 bits per heavy atom. The fraction of sp³-hybridized carbons (Fsp3) is 0.308. The highest BCUT2D eigenvalue weighted by Crippen LogP contribution is 2.33. The number of nitrogens with zero attached hydrogens (tertiary/aromatic N) is 1. The maximum atomic E-state index is 5.06. The Morgan fingerprint density at radius 2 is 2.35 bits per heavy atom. The number of methoxy groups -OCH3 is 1. The van der Waals surface area contributed by atoms with E-state index in [1.165, 1.54) is 34.6 Å². The molecular formula is C13H14N2OS. The maximum Gasteiger partial charge on any atom is 0.293 e. The van der Waals surface area contributed by atoms with E-state index in [-0.39, 0.29) is 0 Å². The van der Waals surface area contributed by atoms with Crippen molar-refractivity contribution in [1.29, 1.82) is 0 Å². The number of aromatic amines is 1. The molecule has 0 spiro atoms. The van der Waals surface area contributed by atoms with E-state index >= 15 is 0 Å². The zero-order valence-electron chi connectivity index (χ0n) is 9.69. The van der Waals surface area contributed by atoms with E-state index in [2.05, 4.69) is 28.2 Å². The lowest BCUT2D eigenvalue weighted by atomic mass is 10.0. The van der Waals surface area contributed by atoms with Gasteiger partial charge in [0.05, 0.1) is 19.0 Å². The van der Waals surface area contributed by atoms with Crippen LogP contribution in [-0.2, 0) is 6.42 Å². The summed E-state index contributed by atoms with van der Waals surface area (Å²) in [5.41, 5.74) is 3.65. The Kier molecular flexibility index (Phi) is 2.81. The lowest BCUT2D eigenvalue weighted by Crippen LogP contribution is -1.98. The lowest BCUT2D eigenvalue weighted by molar-refractivity contribution is 0.384. The fourth-order valence-corrected chi connectivity index (χ4v) is 3.10. The van der Waals surface area contributed by atoms with Crippen LogP contribution in [0.2, 0.25) is 0 Å². The van der Waals surface area contributed by atoms with Crippen molar-refractivity contribution in [1.82, 2.24) is 9.97 Å². The van der Waals surface area contributed by atoms with Crippen LogP contribution in [0.3, 0.4) is 0 Å². The summed E-state index contributed by atoms with van der Waals surface area (Å²) >= 11 is 1.95. The summed E-state index contributed by atoms with van der Waals surface area (Å²) in [7, 11) is 1.62. The molecule has 0 fully saturated rings. The summed E-state index contributed by atoms with van der Waals surface area (Å²) < 4.78 is 5.06. The van der Waals surface area contributed by atoms with Crippen LogP contribution in [0.5, 0.6) is 6.01 Å². The van der Waals surface area contributed by atoms with Crippen molar-refractivity contribution in [2.75, 3.05) is 12.9 Å². The van der Waals surface area contributed by atoms with Crippen LogP contribution >= 0.6 is 11.8 Å². The molecule has 3 rings (SSSR count). The second-order valence-corrected chi connectivity index (χ2v) is 5.22. The van der Waals surface area contributed by atoms with Crippen LogP contribution < -0.4 is 4.74 Å². The topological polar surface area (TPSA) is 37.9 Å². The van der Waals surface area contributed by atoms with E-state index < -0.39 is 0 Å². The largest absolute Gasteiger partial charge is 0.468 e. The number of hydrogen-bond donors (Lipinski definition) is 1. The van der Waals surface area contributed by atoms with Gasteiger partial charge in [-0.25, -0.2) is 4.98 Å². The third-order valence-electron chi connectivity index (χ3n) is 2.97. The molecule has 88 valence electrons. The minimum atomic E-state index is 0.562. The maximum absolute atomic E-state index is 5.06. The number of H-pyrrole nitrogens is 1. The molecule has 0 saturated heterocycles. The molecule has 2 heterocycles. The number of hydrogen-bond acceptors (Lipinski definition) is 3. The number of aryl methyl sites for hydroxylation is 1. The first-order valence-corrected chi connectivity index (χ1v) is 6.70. The van der Waals surface area contributed by atoms with Crippen molar-refractivity contribution >= 4 is 11.8 Å². The first-order chi connectivity index (χ1) is 8.36. The Balaban J connectivity index is 1.97. The van der Waals surface area contributed by atoms with E-state index in [9.17, 15) is 0 Å². The summed E-state index contributed by atoms with van der Waals surface area (Å²) in [6.07, 6.45) is 4.27. The van der Waals surface area contributed by atoms with Gasteiger partial charge in [0.1, 0.15) is 0 Å². The molecule has 1 aromatic heterocycles. The highest BCUT2D eigenvalue weighted by atomic mass is 32.2. The van der Waals surface area contributed by atoms with Gasteiger partial charge < -0.3 is 9.72 Å². The molecule has 1 aliphatic heterocycles. The van der Waals surface area contributed by atoms with E-state index in [4.69, 9.17) is 4.74 Å². The van der Waals surface area contributed by atoms with Crippen molar-refractivity contribution in [3.05, 3.63) is 30.0 Å². The number of fused-ring (bicyclic) bond motifs is 1. The number of benzene rings is 1. The van der Waals surface area contributed by atoms with Crippen LogP contribution in [0.15, 0.2) is 29.3 Å². The molecule has 0 saturated carbocycles. The van der Waals surface area contributed by atoms with Gasteiger partial charge >= 0.3 is 0 Å². The van der Waals surface area contributed by atoms with Crippen LogP contribution in [0.25, 0.3) is 11.3 Å². The average Bonchev–Trinajstić information content (AvgIpc) is 2.87. The molecule has 0 radical (unpaired) electrons. The first-order valence-electron chi connectivity index (χ1n) is 5.72. The first kappa shape index (κ1) is 10.7. The zero-order chi connectivity index (χ0) is 11.7. The minimum Gasteiger partial charge on any atom is -0.468 e. The Morgan fingerprint density at radius 3 is 3.18 bits per heavy atom. The predicted octanol–water partition coefficient (Wildman–Crippen LogP) is 3.12. The number of thioether (sulfide) groups is 1. The number of nitrogens with one attached hydrogen (secondary N) is 1. The number of rotatable bonds is 2. The molecular weight excluding hydrogens is 232 g/mol. The lowest BCUT2D eigenvalue weighted by Gasteiger charge is -2.15. The molecule has 17 heavy (non-hydrogen) atoms. The Hall–Kier alpha value is -1.42. The van der Waals surface area contributed by atoms with Gasteiger partial charge in [0.15, 0.2) is 0 Å². The number of imidazole rings is 1. The second kappa shape index (κ2) is 4.45. The van der Waals surface area contributed by atoms with Crippen LogP contribution in [-0.4, -0.2) is 22.8 Å². The highest BCUT2D eigenvalue weighted by Gasteiger charge is 2.11. The normalized spacial score (nSPS) is 14.4. The standard InChI is InChI=1S/C13H14N2OS/c1-16-13-14-8-11(15-13)9-4-5-12-10(7-9)3-2-6-17-12/h4-5,7-8H,2-3,6H2,1H3,(H,14,15). The van der Waals surface area contributed by atoms with Gasteiger partial charge in [-0.15, -0.1) is 11.8 Å². The van der Waals surface area contributed by atoms with Gasteiger partial charge in [0, 0.05) is 4.90 Å². The third kappa shape index (κ3) is 2.05. The molecule has 0 bridgehead atoms. The Labute approximate surface area is 105 Å². The molecule has 0 unspecified atom stereocenters.